The van der Waals surface area contributed by atoms with Crippen LogP contribution in [0.4, 0.5) is 0 Å². The van der Waals surface area contributed by atoms with Crippen molar-refractivity contribution in [2.75, 3.05) is 14.2 Å². The van der Waals surface area contributed by atoms with E-state index < -0.39 is 0 Å². The zero-order valence-corrected chi connectivity index (χ0v) is 16.5. The van der Waals surface area contributed by atoms with Crippen molar-refractivity contribution in [3.05, 3.63) is 23.9 Å². The van der Waals surface area contributed by atoms with Crippen LogP contribution in [0, 0.1) is 5.92 Å². The second-order valence-electron chi connectivity index (χ2n) is 5.65. The molecule has 0 aliphatic heterocycles. The molecule has 0 aliphatic rings. The summed E-state index contributed by atoms with van der Waals surface area (Å²) >= 11 is 0. The largest absolute Gasteiger partial charge is 0.481 e. The number of ether oxygens (including phenoxy) is 1. The minimum atomic E-state index is 0. The summed E-state index contributed by atoms with van der Waals surface area (Å²) in [6.45, 7) is 7.37. The molecule has 1 unspecified atom stereocenters. The van der Waals surface area contributed by atoms with Crippen molar-refractivity contribution in [3.63, 3.8) is 0 Å². The molecule has 6 heteroatoms. The fraction of sp³-hybridized carbons (Fsp3) is 0.625. The monoisotopic (exact) mass is 420 g/mol. The van der Waals surface area contributed by atoms with Gasteiger partial charge in [-0.2, -0.15) is 0 Å². The van der Waals surface area contributed by atoms with E-state index in [1.807, 2.05) is 12.1 Å². The highest BCUT2D eigenvalue weighted by Gasteiger charge is 2.06. The third-order valence-corrected chi connectivity index (χ3v) is 3.25. The van der Waals surface area contributed by atoms with Crippen molar-refractivity contribution in [1.82, 2.24) is 15.6 Å². The summed E-state index contributed by atoms with van der Waals surface area (Å²) < 4.78 is 5.05. The number of halogens is 1. The Kier molecular flexibility index (Phi) is 11.0. The van der Waals surface area contributed by atoms with E-state index >= 15 is 0 Å². The molecule has 5 nitrogen and oxygen atoms in total. The highest BCUT2D eigenvalue weighted by molar-refractivity contribution is 14.0. The van der Waals surface area contributed by atoms with Gasteiger partial charge in [0.1, 0.15) is 0 Å². The van der Waals surface area contributed by atoms with Crippen molar-refractivity contribution >= 4 is 29.9 Å². The van der Waals surface area contributed by atoms with Gasteiger partial charge in [0.05, 0.1) is 7.11 Å². The number of hydrogen-bond acceptors (Lipinski definition) is 3. The van der Waals surface area contributed by atoms with Crippen LogP contribution in [0.15, 0.2) is 23.3 Å². The standard InChI is InChI=1S/C16H28N4O.HI/c1-12(2)6-7-13(3)20-16(17-4)19-11-14-8-9-15(21-5)18-10-14;/h8-10,12-13H,6-7,11H2,1-5H3,(H2,17,19,20);1H. The molecular formula is C16H29IN4O. The predicted octanol–water partition coefficient (Wildman–Crippen LogP) is 3.20. The Morgan fingerprint density at radius 1 is 1.27 bits per heavy atom. The lowest BCUT2D eigenvalue weighted by atomic mass is 10.0. The van der Waals surface area contributed by atoms with Crippen LogP contribution in [0.5, 0.6) is 5.88 Å². The topological polar surface area (TPSA) is 58.5 Å². The molecular weight excluding hydrogens is 391 g/mol. The van der Waals surface area contributed by atoms with Gasteiger partial charge < -0.3 is 15.4 Å². The maximum Gasteiger partial charge on any atom is 0.212 e. The minimum absolute atomic E-state index is 0. The lowest BCUT2D eigenvalue weighted by Crippen LogP contribution is -2.41. The van der Waals surface area contributed by atoms with Crippen LogP contribution in [0.2, 0.25) is 0 Å². The van der Waals surface area contributed by atoms with Crippen LogP contribution in [-0.2, 0) is 6.54 Å². The van der Waals surface area contributed by atoms with Crippen LogP contribution in [-0.4, -0.2) is 31.1 Å². The van der Waals surface area contributed by atoms with E-state index in [0.717, 1.165) is 23.9 Å². The summed E-state index contributed by atoms with van der Waals surface area (Å²) in [5, 5.41) is 6.71. The number of aliphatic imine (C=N–C) groups is 1. The van der Waals surface area contributed by atoms with Gasteiger partial charge in [0, 0.05) is 31.9 Å². The van der Waals surface area contributed by atoms with Gasteiger partial charge in [-0.05, 0) is 31.2 Å². The minimum Gasteiger partial charge on any atom is -0.481 e. The SMILES string of the molecule is CN=C(NCc1ccc(OC)nc1)NC(C)CCC(C)C.I. The molecule has 126 valence electrons. The average Bonchev–Trinajstić information content (AvgIpc) is 2.49. The van der Waals surface area contributed by atoms with Crippen molar-refractivity contribution < 1.29 is 4.74 Å². The maximum atomic E-state index is 5.05. The first-order valence-corrected chi connectivity index (χ1v) is 7.51. The van der Waals surface area contributed by atoms with Gasteiger partial charge in [-0.25, -0.2) is 4.98 Å². The van der Waals surface area contributed by atoms with E-state index in [9.17, 15) is 0 Å². The number of methoxy groups -OCH3 is 1. The quantitative estimate of drug-likeness (QED) is 0.404. The Bertz CT molecular complexity index is 434. The molecule has 0 fully saturated rings. The Morgan fingerprint density at radius 2 is 2.00 bits per heavy atom. The van der Waals surface area contributed by atoms with Crippen LogP contribution in [0.25, 0.3) is 0 Å². The number of nitrogens with zero attached hydrogens (tertiary/aromatic N) is 2. The van der Waals surface area contributed by atoms with Gasteiger partial charge in [0.2, 0.25) is 5.88 Å². The predicted molar refractivity (Wildman–Crippen MR) is 103 cm³/mol. The van der Waals surface area contributed by atoms with Crippen molar-refractivity contribution in [2.45, 2.75) is 46.2 Å². The Morgan fingerprint density at radius 3 is 2.50 bits per heavy atom. The molecule has 0 bridgehead atoms. The fourth-order valence-electron chi connectivity index (χ4n) is 1.91. The van der Waals surface area contributed by atoms with Crippen molar-refractivity contribution in [2.24, 2.45) is 10.9 Å². The third-order valence-electron chi connectivity index (χ3n) is 3.25. The molecule has 0 aliphatic carbocycles. The third kappa shape index (κ3) is 8.41. The van der Waals surface area contributed by atoms with E-state index in [1.54, 1.807) is 20.4 Å². The Labute approximate surface area is 151 Å². The van der Waals surface area contributed by atoms with Gasteiger partial charge in [-0.15, -0.1) is 24.0 Å². The fourth-order valence-corrected chi connectivity index (χ4v) is 1.91. The maximum absolute atomic E-state index is 5.05. The molecule has 0 saturated heterocycles. The number of pyridine rings is 1. The van der Waals surface area contributed by atoms with Gasteiger partial charge in [-0.3, -0.25) is 4.99 Å². The lowest BCUT2D eigenvalue weighted by molar-refractivity contribution is 0.397. The first-order valence-electron chi connectivity index (χ1n) is 7.51. The van der Waals surface area contributed by atoms with Crippen LogP contribution < -0.4 is 15.4 Å². The number of hydrogen-bond donors (Lipinski definition) is 2. The second-order valence-corrected chi connectivity index (χ2v) is 5.65. The number of aromatic nitrogens is 1. The molecule has 1 aromatic heterocycles. The molecule has 1 atom stereocenters. The van der Waals surface area contributed by atoms with E-state index in [1.165, 1.54) is 6.42 Å². The molecule has 0 spiro atoms. The molecule has 0 saturated carbocycles. The molecule has 1 rings (SSSR count). The number of rotatable bonds is 7. The summed E-state index contributed by atoms with van der Waals surface area (Å²) in [4.78, 5) is 8.44. The van der Waals surface area contributed by atoms with E-state index in [2.05, 4.69) is 41.4 Å². The van der Waals surface area contributed by atoms with Crippen LogP contribution in [0.1, 0.15) is 39.2 Å². The van der Waals surface area contributed by atoms with Crippen molar-refractivity contribution in [3.8, 4) is 5.88 Å². The molecule has 22 heavy (non-hydrogen) atoms. The zero-order chi connectivity index (χ0) is 15.7. The summed E-state index contributed by atoms with van der Waals surface area (Å²) in [7, 11) is 3.40. The van der Waals surface area contributed by atoms with Crippen molar-refractivity contribution in [1.29, 1.82) is 0 Å². The molecule has 1 aromatic rings. The molecule has 2 N–H and O–H groups in total. The summed E-state index contributed by atoms with van der Waals surface area (Å²) in [5.41, 5.74) is 1.09. The molecule has 0 radical (unpaired) electrons. The smallest absolute Gasteiger partial charge is 0.212 e. The van der Waals surface area contributed by atoms with Gasteiger partial charge >= 0.3 is 0 Å². The van der Waals surface area contributed by atoms with E-state index in [0.29, 0.717) is 18.5 Å². The highest BCUT2D eigenvalue weighted by Crippen LogP contribution is 2.07. The zero-order valence-electron chi connectivity index (χ0n) is 14.2. The first kappa shape index (κ1) is 20.9. The van der Waals surface area contributed by atoms with E-state index in [-0.39, 0.29) is 24.0 Å². The normalized spacial score (nSPS) is 12.5. The lowest BCUT2D eigenvalue weighted by Gasteiger charge is -2.18. The summed E-state index contributed by atoms with van der Waals surface area (Å²) in [6, 6.07) is 4.26. The summed E-state index contributed by atoms with van der Waals surface area (Å²) in [6.07, 6.45) is 4.16. The highest BCUT2D eigenvalue weighted by atomic mass is 127. The van der Waals surface area contributed by atoms with Gasteiger partial charge in [0.15, 0.2) is 5.96 Å². The van der Waals surface area contributed by atoms with Crippen LogP contribution >= 0.6 is 24.0 Å². The second kappa shape index (κ2) is 11.5. The summed E-state index contributed by atoms with van der Waals surface area (Å²) in [5.74, 6) is 2.18. The number of guanidine groups is 1. The molecule has 1 heterocycles. The Balaban J connectivity index is 0.00000441. The van der Waals surface area contributed by atoms with Gasteiger partial charge in [-0.1, -0.05) is 19.9 Å². The van der Waals surface area contributed by atoms with Crippen LogP contribution in [0.3, 0.4) is 0 Å². The number of nitrogens with one attached hydrogen (secondary N) is 2. The average molecular weight is 420 g/mol. The Hall–Kier alpha value is -1.05. The molecule has 0 aromatic carbocycles. The first-order chi connectivity index (χ1) is 10.0. The van der Waals surface area contributed by atoms with Gasteiger partial charge in [0.25, 0.3) is 0 Å². The molecule has 0 amide bonds. The van der Waals surface area contributed by atoms with E-state index in [4.69, 9.17) is 4.74 Å².